The molecule has 5 nitrogen and oxygen atoms in total. The average molecular weight is 320 g/mol. The number of hydrogen-bond acceptors (Lipinski definition) is 3. The van der Waals surface area contributed by atoms with Gasteiger partial charge in [0.15, 0.2) is 0 Å². The lowest BCUT2D eigenvalue weighted by Gasteiger charge is -2.40. The highest BCUT2D eigenvalue weighted by atomic mass is 35.5. The zero-order chi connectivity index (χ0) is 15.3. The monoisotopic (exact) mass is 319 g/mol. The maximum atomic E-state index is 12.2. The lowest BCUT2D eigenvalue weighted by molar-refractivity contribution is -0.136. The molecule has 6 heteroatoms. The highest BCUT2D eigenvalue weighted by Crippen LogP contribution is 2.32. The number of nitrogens with two attached hydrogens (primary N) is 1. The molecule has 0 aromatic rings. The van der Waals surface area contributed by atoms with Gasteiger partial charge in [-0.1, -0.05) is 27.7 Å². The number of hydrogen-bond donors (Lipinski definition) is 2. The molecule has 0 bridgehead atoms. The van der Waals surface area contributed by atoms with Crippen LogP contribution in [-0.2, 0) is 9.59 Å². The first-order valence-electron chi connectivity index (χ1n) is 7.60. The third kappa shape index (κ3) is 5.83. The summed E-state index contributed by atoms with van der Waals surface area (Å²) in [6.45, 7) is 9.80. The third-order valence-corrected chi connectivity index (χ3v) is 4.42. The van der Waals surface area contributed by atoms with Gasteiger partial charge in [-0.3, -0.25) is 9.59 Å². The van der Waals surface area contributed by atoms with E-state index in [-0.39, 0.29) is 42.1 Å². The van der Waals surface area contributed by atoms with Gasteiger partial charge in [-0.2, -0.15) is 0 Å². The molecule has 0 saturated carbocycles. The molecule has 124 valence electrons. The minimum Gasteiger partial charge on any atom is -0.346 e. The maximum Gasteiger partial charge on any atom is 0.241 e. The molecule has 1 fully saturated rings. The summed E-state index contributed by atoms with van der Waals surface area (Å²) in [4.78, 5) is 25.8. The molecule has 0 aliphatic carbocycles. The van der Waals surface area contributed by atoms with Gasteiger partial charge in [0.1, 0.15) is 0 Å². The van der Waals surface area contributed by atoms with E-state index in [1.807, 2.05) is 18.7 Å². The second-order valence-corrected chi connectivity index (χ2v) is 6.57. The quantitative estimate of drug-likeness (QED) is 0.807. The number of carbonyl (C=O) groups is 2. The van der Waals surface area contributed by atoms with Crippen molar-refractivity contribution in [3.8, 4) is 0 Å². The van der Waals surface area contributed by atoms with E-state index in [4.69, 9.17) is 5.73 Å². The minimum absolute atomic E-state index is 0. The molecule has 1 saturated heterocycles. The van der Waals surface area contributed by atoms with Crippen LogP contribution in [0.25, 0.3) is 0 Å². The fourth-order valence-corrected chi connectivity index (χ4v) is 2.51. The Bertz CT molecular complexity index is 363. The summed E-state index contributed by atoms with van der Waals surface area (Å²) in [6, 6.07) is -0.551. The first-order valence-corrected chi connectivity index (χ1v) is 7.60. The number of amides is 2. The van der Waals surface area contributed by atoms with Gasteiger partial charge in [-0.25, -0.2) is 0 Å². The van der Waals surface area contributed by atoms with Crippen molar-refractivity contribution in [3.63, 3.8) is 0 Å². The van der Waals surface area contributed by atoms with Crippen LogP contribution in [0.4, 0.5) is 0 Å². The number of likely N-dealkylation sites (tertiary alicyclic amines) is 1. The third-order valence-electron chi connectivity index (χ3n) is 4.42. The van der Waals surface area contributed by atoms with Gasteiger partial charge in [-0.05, 0) is 30.6 Å². The van der Waals surface area contributed by atoms with Crippen LogP contribution in [0.5, 0.6) is 0 Å². The molecule has 2 amide bonds. The minimum atomic E-state index is -0.551. The summed E-state index contributed by atoms with van der Waals surface area (Å²) in [5.74, 6) is -0.180. The number of nitrogens with zero attached hydrogens (tertiary/aromatic N) is 1. The summed E-state index contributed by atoms with van der Waals surface area (Å²) >= 11 is 0. The number of carbonyl (C=O) groups excluding carboxylic acids is 2. The largest absolute Gasteiger partial charge is 0.346 e. The Morgan fingerprint density at radius 3 is 2.52 bits per heavy atom. The van der Waals surface area contributed by atoms with Crippen LogP contribution < -0.4 is 11.1 Å². The fourth-order valence-electron chi connectivity index (χ4n) is 2.51. The number of halogens is 1. The highest BCUT2D eigenvalue weighted by molar-refractivity contribution is 5.87. The maximum absolute atomic E-state index is 12.2. The first-order chi connectivity index (χ1) is 9.29. The predicted octanol–water partition coefficient (Wildman–Crippen LogP) is 1.55. The summed E-state index contributed by atoms with van der Waals surface area (Å²) in [5.41, 5.74) is 5.97. The SMILES string of the molecule is CCC1(C)CCCN(C(=O)CNC(=O)[C@@H](N)C(C)C)C1.Cl. The van der Waals surface area contributed by atoms with E-state index in [0.717, 1.165) is 32.4 Å². The van der Waals surface area contributed by atoms with Gasteiger partial charge in [-0.15, -0.1) is 12.4 Å². The van der Waals surface area contributed by atoms with Gasteiger partial charge in [0.05, 0.1) is 12.6 Å². The Balaban J connectivity index is 0.00000400. The van der Waals surface area contributed by atoms with Crippen LogP contribution in [-0.4, -0.2) is 42.4 Å². The molecule has 21 heavy (non-hydrogen) atoms. The molecule has 1 rings (SSSR count). The second kappa shape index (κ2) is 8.59. The zero-order valence-corrected chi connectivity index (χ0v) is 14.5. The van der Waals surface area contributed by atoms with Crippen molar-refractivity contribution in [3.05, 3.63) is 0 Å². The molecule has 1 aliphatic heterocycles. The van der Waals surface area contributed by atoms with E-state index in [0.29, 0.717) is 0 Å². The molecular formula is C15H30ClN3O2. The molecule has 3 N–H and O–H groups in total. The smallest absolute Gasteiger partial charge is 0.241 e. The lowest BCUT2D eigenvalue weighted by Crippen LogP contribution is -2.51. The van der Waals surface area contributed by atoms with Gasteiger partial charge in [0.2, 0.25) is 11.8 Å². The summed E-state index contributed by atoms with van der Waals surface area (Å²) < 4.78 is 0. The molecule has 0 aromatic carbocycles. The van der Waals surface area contributed by atoms with Crippen molar-refractivity contribution in [2.45, 2.75) is 53.0 Å². The predicted molar refractivity (Wildman–Crippen MR) is 87.3 cm³/mol. The zero-order valence-electron chi connectivity index (χ0n) is 13.6. The first kappa shape index (κ1) is 20.2. The van der Waals surface area contributed by atoms with Crippen molar-refractivity contribution in [2.75, 3.05) is 19.6 Å². The lowest BCUT2D eigenvalue weighted by atomic mass is 9.79. The van der Waals surface area contributed by atoms with Crippen LogP contribution >= 0.6 is 12.4 Å². The van der Waals surface area contributed by atoms with E-state index < -0.39 is 6.04 Å². The Labute approximate surface area is 134 Å². The van der Waals surface area contributed by atoms with Crippen molar-refractivity contribution >= 4 is 24.2 Å². The molecule has 2 atom stereocenters. The van der Waals surface area contributed by atoms with Crippen molar-refractivity contribution in [1.29, 1.82) is 0 Å². The molecule has 1 aliphatic rings. The molecule has 0 radical (unpaired) electrons. The molecular weight excluding hydrogens is 290 g/mol. The van der Waals surface area contributed by atoms with Crippen LogP contribution in [0, 0.1) is 11.3 Å². The summed E-state index contributed by atoms with van der Waals surface area (Å²) in [5, 5.41) is 2.65. The Morgan fingerprint density at radius 1 is 1.38 bits per heavy atom. The molecule has 1 unspecified atom stereocenters. The van der Waals surface area contributed by atoms with E-state index >= 15 is 0 Å². The van der Waals surface area contributed by atoms with Crippen molar-refractivity contribution in [1.82, 2.24) is 10.2 Å². The number of piperidine rings is 1. The van der Waals surface area contributed by atoms with Gasteiger partial charge < -0.3 is 16.0 Å². The molecule has 0 spiro atoms. The van der Waals surface area contributed by atoms with E-state index in [9.17, 15) is 9.59 Å². The van der Waals surface area contributed by atoms with Crippen LogP contribution in [0.15, 0.2) is 0 Å². The van der Waals surface area contributed by atoms with Crippen LogP contribution in [0.2, 0.25) is 0 Å². The topological polar surface area (TPSA) is 75.4 Å². The Kier molecular flexibility index (Phi) is 8.26. The fraction of sp³-hybridized carbons (Fsp3) is 0.867. The Hall–Kier alpha value is -0.810. The van der Waals surface area contributed by atoms with E-state index in [1.54, 1.807) is 0 Å². The molecule has 1 heterocycles. The van der Waals surface area contributed by atoms with Gasteiger partial charge in [0, 0.05) is 13.1 Å². The average Bonchev–Trinajstić information content (AvgIpc) is 2.43. The van der Waals surface area contributed by atoms with Gasteiger partial charge >= 0.3 is 0 Å². The molecule has 0 aromatic heterocycles. The summed E-state index contributed by atoms with van der Waals surface area (Å²) in [6.07, 6.45) is 3.27. The Morgan fingerprint density at radius 2 is 2.00 bits per heavy atom. The van der Waals surface area contributed by atoms with Crippen molar-refractivity contribution < 1.29 is 9.59 Å². The van der Waals surface area contributed by atoms with Crippen molar-refractivity contribution in [2.24, 2.45) is 17.1 Å². The summed E-state index contributed by atoms with van der Waals surface area (Å²) in [7, 11) is 0. The number of rotatable bonds is 5. The number of nitrogens with one attached hydrogen (secondary N) is 1. The normalized spacial score (nSPS) is 23.4. The van der Waals surface area contributed by atoms with Gasteiger partial charge in [0.25, 0.3) is 0 Å². The second-order valence-electron chi connectivity index (χ2n) is 6.57. The highest BCUT2D eigenvalue weighted by Gasteiger charge is 2.31. The van der Waals surface area contributed by atoms with E-state index in [1.165, 1.54) is 0 Å². The van der Waals surface area contributed by atoms with E-state index in [2.05, 4.69) is 19.2 Å². The van der Waals surface area contributed by atoms with Crippen LogP contribution in [0.1, 0.15) is 47.0 Å². The standard InChI is InChI=1S/C15H29N3O2.ClH/c1-5-15(4)7-6-8-18(10-15)12(19)9-17-14(20)13(16)11(2)3;/h11,13H,5-10,16H2,1-4H3,(H,17,20);1H/t13-,15?;/m0./s1. The van der Waals surface area contributed by atoms with Crippen LogP contribution in [0.3, 0.4) is 0 Å².